The zero-order valence-electron chi connectivity index (χ0n) is 7.77. The second-order valence-electron chi connectivity index (χ2n) is 3.97. The van der Waals surface area contributed by atoms with Crippen LogP contribution in [0.2, 0.25) is 0 Å². The van der Waals surface area contributed by atoms with Gasteiger partial charge in [0.1, 0.15) is 0 Å². The second kappa shape index (κ2) is 6.19. The van der Waals surface area contributed by atoms with Crippen molar-refractivity contribution in [1.29, 1.82) is 0 Å². The van der Waals surface area contributed by atoms with Crippen LogP contribution in [0.1, 0.15) is 38.5 Å². The van der Waals surface area contributed by atoms with Gasteiger partial charge in [0.25, 0.3) is 0 Å². The Balaban J connectivity index is 2.31. The van der Waals surface area contributed by atoms with Gasteiger partial charge in [-0.2, -0.15) is 0 Å². The summed E-state index contributed by atoms with van der Waals surface area (Å²) in [5, 5.41) is 0. The third-order valence-electron chi connectivity index (χ3n) is 2.99. The van der Waals surface area contributed by atoms with E-state index in [1.54, 1.807) is 0 Å². The van der Waals surface area contributed by atoms with E-state index in [1.165, 1.54) is 43.0 Å². The van der Waals surface area contributed by atoms with Crippen LogP contribution in [0, 0.1) is 11.8 Å². The molecule has 1 aliphatic carbocycles. The van der Waals surface area contributed by atoms with E-state index in [4.69, 9.17) is 5.73 Å². The van der Waals surface area contributed by atoms with E-state index in [-0.39, 0.29) is 0 Å². The summed E-state index contributed by atoms with van der Waals surface area (Å²) in [6.07, 6.45) is 8.52. The molecule has 72 valence electrons. The summed E-state index contributed by atoms with van der Waals surface area (Å²) >= 11 is 2.49. The molecular weight excluding hydrogens is 261 g/mol. The monoisotopic (exact) mass is 281 g/mol. The first kappa shape index (κ1) is 10.8. The highest BCUT2D eigenvalue weighted by atomic mass is 127. The predicted molar refractivity (Wildman–Crippen MR) is 62.6 cm³/mol. The quantitative estimate of drug-likeness (QED) is 0.480. The molecule has 0 heterocycles. The van der Waals surface area contributed by atoms with Crippen LogP contribution in [0.4, 0.5) is 0 Å². The summed E-state index contributed by atoms with van der Waals surface area (Å²) in [6, 6.07) is 0. The highest BCUT2D eigenvalue weighted by Gasteiger charge is 2.18. The van der Waals surface area contributed by atoms with Crippen molar-refractivity contribution < 1.29 is 0 Å². The van der Waals surface area contributed by atoms with E-state index in [0.717, 1.165) is 18.4 Å². The predicted octanol–water partition coefficient (Wildman–Crippen LogP) is 2.97. The molecule has 0 radical (unpaired) electrons. The van der Waals surface area contributed by atoms with Crippen LogP contribution in [0.15, 0.2) is 0 Å². The first-order valence-corrected chi connectivity index (χ1v) is 6.65. The minimum atomic E-state index is 0.834. The van der Waals surface area contributed by atoms with Crippen molar-refractivity contribution in [3.8, 4) is 0 Å². The van der Waals surface area contributed by atoms with Crippen molar-refractivity contribution in [3.05, 3.63) is 0 Å². The molecule has 2 heteroatoms. The van der Waals surface area contributed by atoms with Gasteiger partial charge in [-0.05, 0) is 42.1 Å². The lowest BCUT2D eigenvalue weighted by atomic mass is 9.91. The van der Waals surface area contributed by atoms with Crippen molar-refractivity contribution in [1.82, 2.24) is 0 Å². The Kier molecular flexibility index (Phi) is 5.56. The van der Waals surface area contributed by atoms with Gasteiger partial charge >= 0.3 is 0 Å². The van der Waals surface area contributed by atoms with Crippen LogP contribution < -0.4 is 5.73 Å². The van der Waals surface area contributed by atoms with Crippen molar-refractivity contribution >= 4 is 22.6 Å². The number of rotatable bonds is 3. The number of alkyl halides is 1. The van der Waals surface area contributed by atoms with Gasteiger partial charge in [0, 0.05) is 0 Å². The number of halogens is 1. The van der Waals surface area contributed by atoms with E-state index in [1.807, 2.05) is 0 Å². The second-order valence-corrected chi connectivity index (χ2v) is 5.04. The molecule has 1 rings (SSSR count). The van der Waals surface area contributed by atoms with Crippen LogP contribution in [0.5, 0.6) is 0 Å². The number of hydrogen-bond donors (Lipinski definition) is 1. The Hall–Kier alpha value is 0.690. The van der Waals surface area contributed by atoms with Crippen LogP contribution in [0.3, 0.4) is 0 Å². The fourth-order valence-electron chi connectivity index (χ4n) is 2.20. The maximum absolute atomic E-state index is 5.73. The average molecular weight is 281 g/mol. The minimum Gasteiger partial charge on any atom is -0.330 e. The van der Waals surface area contributed by atoms with Crippen molar-refractivity contribution in [2.24, 2.45) is 17.6 Å². The van der Waals surface area contributed by atoms with E-state index in [0.29, 0.717) is 0 Å². The molecule has 2 unspecified atom stereocenters. The normalized spacial score (nSPS) is 31.5. The number of nitrogens with two attached hydrogens (primary N) is 1. The summed E-state index contributed by atoms with van der Waals surface area (Å²) in [7, 11) is 0. The topological polar surface area (TPSA) is 26.0 Å². The van der Waals surface area contributed by atoms with Crippen LogP contribution in [0.25, 0.3) is 0 Å². The van der Waals surface area contributed by atoms with E-state index in [9.17, 15) is 0 Å². The Morgan fingerprint density at radius 3 is 2.42 bits per heavy atom. The first-order valence-electron chi connectivity index (χ1n) is 5.12. The summed E-state index contributed by atoms with van der Waals surface area (Å²) < 4.78 is 1.32. The molecule has 0 saturated heterocycles. The maximum Gasteiger partial charge on any atom is -0.000209 e. The van der Waals surface area contributed by atoms with Gasteiger partial charge in [-0.15, -0.1) is 0 Å². The van der Waals surface area contributed by atoms with Gasteiger partial charge in [0.15, 0.2) is 0 Å². The Labute approximate surface area is 89.6 Å². The van der Waals surface area contributed by atoms with Gasteiger partial charge in [-0.25, -0.2) is 0 Å². The molecule has 1 fully saturated rings. The molecule has 1 saturated carbocycles. The lowest BCUT2D eigenvalue weighted by Gasteiger charge is -2.17. The molecule has 0 amide bonds. The Morgan fingerprint density at radius 1 is 1.17 bits per heavy atom. The van der Waals surface area contributed by atoms with Gasteiger partial charge in [-0.1, -0.05) is 41.9 Å². The molecule has 1 nitrogen and oxygen atoms in total. The lowest BCUT2D eigenvalue weighted by Crippen LogP contribution is -2.16. The molecule has 2 N–H and O–H groups in total. The van der Waals surface area contributed by atoms with Crippen LogP contribution in [-0.2, 0) is 0 Å². The Morgan fingerprint density at radius 2 is 1.83 bits per heavy atom. The summed E-state index contributed by atoms with van der Waals surface area (Å²) in [5.74, 6) is 1.82. The summed E-state index contributed by atoms with van der Waals surface area (Å²) in [6.45, 7) is 0.914. The minimum absolute atomic E-state index is 0.834. The molecule has 0 bridgehead atoms. The molecule has 0 aromatic rings. The van der Waals surface area contributed by atoms with E-state index in [2.05, 4.69) is 22.6 Å². The fourth-order valence-corrected chi connectivity index (χ4v) is 3.08. The maximum atomic E-state index is 5.73. The molecule has 0 aromatic carbocycles. The zero-order chi connectivity index (χ0) is 8.81. The van der Waals surface area contributed by atoms with Gasteiger partial charge in [0.2, 0.25) is 0 Å². The fraction of sp³-hybridized carbons (Fsp3) is 1.00. The van der Waals surface area contributed by atoms with Crippen molar-refractivity contribution in [2.75, 3.05) is 11.0 Å². The first-order chi connectivity index (χ1) is 5.86. The molecule has 0 spiro atoms. The number of hydrogen-bond acceptors (Lipinski definition) is 1. The van der Waals surface area contributed by atoms with Gasteiger partial charge in [0.05, 0.1) is 0 Å². The smallest absolute Gasteiger partial charge is 0.000209 e. The van der Waals surface area contributed by atoms with Crippen LogP contribution >= 0.6 is 22.6 Å². The average Bonchev–Trinajstić information content (AvgIpc) is 2.30. The molecule has 0 aromatic heterocycles. The highest BCUT2D eigenvalue weighted by Crippen LogP contribution is 2.29. The van der Waals surface area contributed by atoms with Crippen LogP contribution in [-0.4, -0.2) is 11.0 Å². The lowest BCUT2D eigenvalue weighted by molar-refractivity contribution is 0.375. The third-order valence-corrected chi connectivity index (χ3v) is 3.61. The van der Waals surface area contributed by atoms with Crippen molar-refractivity contribution in [2.45, 2.75) is 38.5 Å². The molecule has 1 aliphatic rings. The standard InChI is InChI=1S/C10H20IN/c11-6-5-9-3-1-2-4-10(7-9)8-12/h9-10H,1-8,12H2. The third kappa shape index (κ3) is 3.60. The largest absolute Gasteiger partial charge is 0.330 e. The molecule has 0 aliphatic heterocycles. The van der Waals surface area contributed by atoms with Gasteiger partial charge in [-0.3, -0.25) is 0 Å². The van der Waals surface area contributed by atoms with E-state index < -0.39 is 0 Å². The molecule has 12 heavy (non-hydrogen) atoms. The molecular formula is C10H20IN. The highest BCUT2D eigenvalue weighted by molar-refractivity contribution is 14.1. The molecule has 2 atom stereocenters. The SMILES string of the molecule is NCC1CCCCC(CCI)C1. The van der Waals surface area contributed by atoms with E-state index >= 15 is 0 Å². The summed E-state index contributed by atoms with van der Waals surface area (Å²) in [5.41, 5.74) is 5.73. The Bertz CT molecular complexity index is 116. The van der Waals surface area contributed by atoms with Crippen molar-refractivity contribution in [3.63, 3.8) is 0 Å². The zero-order valence-corrected chi connectivity index (χ0v) is 9.92. The summed E-state index contributed by atoms with van der Waals surface area (Å²) in [4.78, 5) is 0. The van der Waals surface area contributed by atoms with Gasteiger partial charge < -0.3 is 5.73 Å².